The van der Waals surface area contributed by atoms with Gasteiger partial charge in [-0.25, -0.2) is 9.50 Å². The zero-order chi connectivity index (χ0) is 23.2. The molecule has 2 aliphatic heterocycles. The van der Waals surface area contributed by atoms with Gasteiger partial charge in [-0.3, -0.25) is 0 Å². The number of aromatic nitrogens is 3. The molecule has 5 rings (SSSR count). The Kier molecular flexibility index (Phi) is 5.55. The summed E-state index contributed by atoms with van der Waals surface area (Å²) in [5.41, 5.74) is 2.63. The number of hydrogen-bond acceptors (Lipinski definition) is 6. The van der Waals surface area contributed by atoms with Gasteiger partial charge < -0.3 is 19.7 Å². The van der Waals surface area contributed by atoms with E-state index in [0.29, 0.717) is 28.6 Å². The average molecular weight is 461 g/mol. The number of hydrogen-bond donors (Lipinski definition) is 1. The van der Waals surface area contributed by atoms with Gasteiger partial charge in [0.05, 0.1) is 11.9 Å². The molecule has 1 fully saturated rings. The van der Waals surface area contributed by atoms with E-state index >= 15 is 0 Å². The van der Waals surface area contributed by atoms with E-state index < -0.39 is 6.36 Å². The molecule has 0 radical (unpaired) electrons. The first kappa shape index (κ1) is 21.8. The van der Waals surface area contributed by atoms with Crippen molar-refractivity contribution >= 4 is 11.5 Å². The Morgan fingerprint density at radius 2 is 2.03 bits per heavy atom. The van der Waals surface area contributed by atoms with E-state index in [-0.39, 0.29) is 11.9 Å². The van der Waals surface area contributed by atoms with Gasteiger partial charge in [0.15, 0.2) is 17.2 Å². The Morgan fingerprint density at radius 3 is 2.79 bits per heavy atom. The molecule has 0 saturated carbocycles. The Morgan fingerprint density at radius 1 is 1.24 bits per heavy atom. The predicted molar refractivity (Wildman–Crippen MR) is 118 cm³/mol. The lowest BCUT2D eigenvalue weighted by Gasteiger charge is -2.29. The molecule has 2 aromatic heterocycles. The van der Waals surface area contributed by atoms with Crippen LogP contribution in [0.25, 0.3) is 16.9 Å². The zero-order valence-corrected chi connectivity index (χ0v) is 18.5. The van der Waals surface area contributed by atoms with Crippen molar-refractivity contribution in [1.29, 1.82) is 0 Å². The van der Waals surface area contributed by atoms with Gasteiger partial charge in [0.25, 0.3) is 0 Å². The van der Waals surface area contributed by atoms with E-state index in [4.69, 9.17) is 9.84 Å². The third-order valence-corrected chi connectivity index (χ3v) is 6.27. The molecule has 2 aliphatic rings. The number of nitrogens with zero attached hydrogens (tertiary/aromatic N) is 4. The number of benzene rings is 1. The maximum Gasteiger partial charge on any atom is 0.573 e. The second-order valence-electron chi connectivity index (χ2n) is 8.87. The van der Waals surface area contributed by atoms with Gasteiger partial charge >= 0.3 is 6.36 Å². The van der Waals surface area contributed by atoms with Gasteiger partial charge in [-0.15, -0.1) is 18.3 Å². The molecule has 1 atom stereocenters. The van der Waals surface area contributed by atoms with Gasteiger partial charge in [-0.2, -0.15) is 0 Å². The summed E-state index contributed by atoms with van der Waals surface area (Å²) in [5, 5.41) is 8.33. The minimum atomic E-state index is -4.76. The molecule has 10 heteroatoms. The highest BCUT2D eigenvalue weighted by Crippen LogP contribution is 2.38. The van der Waals surface area contributed by atoms with Gasteiger partial charge in [0.1, 0.15) is 11.9 Å². The highest BCUT2D eigenvalue weighted by molar-refractivity contribution is 5.72. The first-order chi connectivity index (χ1) is 15.8. The zero-order valence-electron chi connectivity index (χ0n) is 18.5. The second-order valence-corrected chi connectivity index (χ2v) is 8.87. The first-order valence-corrected chi connectivity index (χ1v) is 11.1. The average Bonchev–Trinajstić information content (AvgIpc) is 3.35. The van der Waals surface area contributed by atoms with E-state index in [0.717, 1.165) is 50.3 Å². The van der Waals surface area contributed by atoms with Crippen molar-refractivity contribution in [2.24, 2.45) is 5.92 Å². The van der Waals surface area contributed by atoms with E-state index in [2.05, 4.69) is 27.0 Å². The number of fused-ring (bicyclic) bond motifs is 3. The lowest BCUT2D eigenvalue weighted by molar-refractivity contribution is -0.274. The summed E-state index contributed by atoms with van der Waals surface area (Å²) in [6.07, 6.45) is -0.174. The third kappa shape index (κ3) is 4.57. The summed E-state index contributed by atoms with van der Waals surface area (Å²) in [6, 6.07) is 5.82. The maximum atomic E-state index is 12.7. The highest BCUT2D eigenvalue weighted by atomic mass is 19.4. The summed E-state index contributed by atoms with van der Waals surface area (Å²) in [4.78, 5) is 6.82. The van der Waals surface area contributed by atoms with E-state index in [1.54, 1.807) is 16.8 Å². The van der Waals surface area contributed by atoms with Crippen LogP contribution in [0.15, 0.2) is 30.5 Å². The van der Waals surface area contributed by atoms with Crippen LogP contribution in [-0.4, -0.2) is 58.6 Å². The van der Waals surface area contributed by atoms with Gasteiger partial charge in [-0.1, -0.05) is 12.1 Å². The number of alkyl halides is 3. The van der Waals surface area contributed by atoms with Crippen LogP contribution in [0.3, 0.4) is 0 Å². The minimum Gasteiger partial charge on any atom is -0.486 e. The number of anilines is 1. The minimum absolute atomic E-state index is 0.000503. The quantitative estimate of drug-likeness (QED) is 0.609. The van der Waals surface area contributed by atoms with Crippen LogP contribution in [0.1, 0.15) is 25.3 Å². The lowest BCUT2D eigenvalue weighted by Crippen LogP contribution is -2.33. The van der Waals surface area contributed by atoms with Crippen molar-refractivity contribution in [3.8, 4) is 22.8 Å². The predicted octanol–water partition coefficient (Wildman–Crippen LogP) is 4.37. The van der Waals surface area contributed by atoms with Crippen molar-refractivity contribution in [3.05, 3.63) is 36.0 Å². The lowest BCUT2D eigenvalue weighted by atomic mass is 9.97. The second kappa shape index (κ2) is 8.40. The number of ether oxygens (including phenoxy) is 2. The fourth-order valence-electron chi connectivity index (χ4n) is 4.55. The summed E-state index contributed by atoms with van der Waals surface area (Å²) >= 11 is 0. The topological polar surface area (TPSA) is 63.9 Å². The SMILES string of the molecule is CC1Cc2c(NCC3CCN(C)CC3)nn3c(-c4cccc(OC(F)(F)F)c4)cnc3c2O1. The van der Waals surface area contributed by atoms with Gasteiger partial charge in [-0.05, 0) is 58.0 Å². The Labute approximate surface area is 189 Å². The molecule has 33 heavy (non-hydrogen) atoms. The first-order valence-electron chi connectivity index (χ1n) is 11.1. The summed E-state index contributed by atoms with van der Waals surface area (Å²) in [6.45, 7) is 4.98. The van der Waals surface area contributed by atoms with Crippen LogP contribution >= 0.6 is 0 Å². The monoisotopic (exact) mass is 461 g/mol. The molecule has 0 bridgehead atoms. The number of nitrogens with one attached hydrogen (secondary N) is 1. The Hall–Kier alpha value is -3.01. The molecule has 1 saturated heterocycles. The number of halogens is 3. The maximum absolute atomic E-state index is 12.7. The normalized spacial score (nSPS) is 19.5. The number of likely N-dealkylation sites (tertiary alicyclic amines) is 1. The van der Waals surface area contributed by atoms with Crippen molar-refractivity contribution in [3.63, 3.8) is 0 Å². The summed E-state index contributed by atoms with van der Waals surface area (Å²) < 4.78 is 49.9. The number of piperidine rings is 1. The summed E-state index contributed by atoms with van der Waals surface area (Å²) in [5.74, 6) is 1.69. The smallest absolute Gasteiger partial charge is 0.486 e. The van der Waals surface area contributed by atoms with Crippen LogP contribution in [-0.2, 0) is 6.42 Å². The van der Waals surface area contributed by atoms with Crippen molar-refractivity contribution < 1.29 is 22.6 Å². The highest BCUT2D eigenvalue weighted by Gasteiger charge is 2.32. The molecule has 0 amide bonds. The molecular weight excluding hydrogens is 435 g/mol. The van der Waals surface area contributed by atoms with Crippen molar-refractivity contribution in [1.82, 2.24) is 19.5 Å². The standard InChI is InChI=1S/C23H26F3N5O2/c1-14-10-18-20(32-14)22-28-13-19(16-4-3-5-17(11-16)33-23(24,25)26)31(22)29-21(18)27-12-15-6-8-30(2)9-7-15/h3-5,11,13-15H,6-10,12H2,1-2H3,(H,27,29). The molecule has 1 unspecified atom stereocenters. The van der Waals surface area contributed by atoms with Gasteiger partial charge in [0, 0.05) is 24.1 Å². The van der Waals surface area contributed by atoms with Gasteiger partial charge in [0.2, 0.25) is 0 Å². The van der Waals surface area contributed by atoms with Crippen LogP contribution < -0.4 is 14.8 Å². The van der Waals surface area contributed by atoms with Crippen LogP contribution in [0.2, 0.25) is 0 Å². The molecule has 4 heterocycles. The Bertz CT molecular complexity index is 1150. The van der Waals surface area contributed by atoms with Crippen LogP contribution in [0.5, 0.6) is 11.5 Å². The molecule has 0 spiro atoms. The van der Waals surface area contributed by atoms with Crippen LogP contribution in [0.4, 0.5) is 19.0 Å². The van der Waals surface area contributed by atoms with Crippen molar-refractivity contribution in [2.75, 3.05) is 32.0 Å². The Balaban J connectivity index is 1.49. The third-order valence-electron chi connectivity index (χ3n) is 6.27. The molecule has 176 valence electrons. The molecule has 3 aromatic rings. The number of rotatable bonds is 5. The fraction of sp³-hybridized carbons (Fsp3) is 0.478. The van der Waals surface area contributed by atoms with Crippen molar-refractivity contribution in [2.45, 2.75) is 38.7 Å². The van der Waals surface area contributed by atoms with E-state index in [1.807, 2.05) is 6.92 Å². The number of imidazole rings is 1. The molecule has 0 aliphatic carbocycles. The largest absolute Gasteiger partial charge is 0.573 e. The summed E-state index contributed by atoms with van der Waals surface area (Å²) in [7, 11) is 2.14. The molecule has 1 N–H and O–H groups in total. The van der Waals surface area contributed by atoms with E-state index in [1.165, 1.54) is 18.2 Å². The molecular formula is C23H26F3N5O2. The van der Waals surface area contributed by atoms with E-state index in [9.17, 15) is 13.2 Å². The van der Waals surface area contributed by atoms with Crippen LogP contribution in [0, 0.1) is 5.92 Å². The molecule has 1 aromatic carbocycles. The molecule has 7 nitrogen and oxygen atoms in total. The fourth-order valence-corrected chi connectivity index (χ4v) is 4.55.